The van der Waals surface area contributed by atoms with Crippen molar-refractivity contribution in [3.05, 3.63) is 60.8 Å². The van der Waals surface area contributed by atoms with Gasteiger partial charge < -0.3 is 19.3 Å². The third-order valence-electron chi connectivity index (χ3n) is 8.74. The Kier molecular flexibility index (Phi) is 31.0. The van der Waals surface area contributed by atoms with Gasteiger partial charge in [-0.15, -0.1) is 0 Å². The quantitative estimate of drug-likeness (QED) is 0.0314. The largest absolute Gasteiger partial charge is 0.462 e. The second-order valence-corrected chi connectivity index (χ2v) is 13.4. The van der Waals surface area contributed by atoms with Crippen molar-refractivity contribution in [3.63, 3.8) is 0 Å². The highest BCUT2D eigenvalue weighted by Gasteiger charge is 2.35. The molecule has 0 radical (unpaired) electrons. The summed E-state index contributed by atoms with van der Waals surface area (Å²) in [5.74, 6) is -0.693. The van der Waals surface area contributed by atoms with Crippen LogP contribution in [0.5, 0.6) is 0 Å². The Morgan fingerprint density at radius 3 is 1.57 bits per heavy atom. The molecule has 0 aromatic carbocycles. The van der Waals surface area contributed by atoms with E-state index in [4.69, 9.17) is 14.2 Å². The molecular formula is C43H72O6. The minimum atomic E-state index is -0.814. The molecule has 1 saturated heterocycles. The third kappa shape index (κ3) is 30.1. The highest BCUT2D eigenvalue weighted by molar-refractivity contribution is 5.70. The van der Waals surface area contributed by atoms with E-state index in [0.29, 0.717) is 25.0 Å². The lowest BCUT2D eigenvalue weighted by Gasteiger charge is -2.15. The van der Waals surface area contributed by atoms with Gasteiger partial charge in [-0.3, -0.25) is 9.59 Å². The molecule has 0 saturated carbocycles. The first-order chi connectivity index (χ1) is 24.1. The number of aliphatic hydroxyl groups is 1. The van der Waals surface area contributed by atoms with E-state index in [0.717, 1.165) is 57.8 Å². The second-order valence-electron chi connectivity index (χ2n) is 13.4. The van der Waals surface area contributed by atoms with Crippen LogP contribution in [0.25, 0.3) is 0 Å². The van der Waals surface area contributed by atoms with Gasteiger partial charge >= 0.3 is 11.9 Å². The van der Waals surface area contributed by atoms with Crippen molar-refractivity contribution in [3.8, 4) is 0 Å². The molecule has 0 spiro atoms. The van der Waals surface area contributed by atoms with Gasteiger partial charge in [0.05, 0.1) is 18.8 Å². The molecule has 1 N–H and O–H groups in total. The van der Waals surface area contributed by atoms with E-state index in [2.05, 4.69) is 62.5 Å². The summed E-state index contributed by atoms with van der Waals surface area (Å²) in [6.45, 7) is 3.95. The molecule has 0 aromatic rings. The van der Waals surface area contributed by atoms with Crippen LogP contribution in [-0.2, 0) is 23.8 Å². The van der Waals surface area contributed by atoms with Gasteiger partial charge in [0.2, 0.25) is 0 Å². The number of hydrogen-bond donors (Lipinski definition) is 1. The maximum absolute atomic E-state index is 12.1. The lowest BCUT2D eigenvalue weighted by atomic mass is 10.0. The molecule has 49 heavy (non-hydrogen) atoms. The Hall–Kier alpha value is -2.44. The van der Waals surface area contributed by atoms with Crippen LogP contribution >= 0.6 is 0 Å². The van der Waals surface area contributed by atoms with Gasteiger partial charge in [-0.25, -0.2) is 0 Å². The van der Waals surface area contributed by atoms with Gasteiger partial charge in [0.25, 0.3) is 0 Å². The number of allylic oxidation sites excluding steroid dienone is 8. The molecule has 0 amide bonds. The van der Waals surface area contributed by atoms with Crippen LogP contribution in [0.3, 0.4) is 0 Å². The first-order valence-electron chi connectivity index (χ1n) is 20.0. The van der Waals surface area contributed by atoms with E-state index in [-0.39, 0.29) is 25.6 Å². The van der Waals surface area contributed by atoms with E-state index in [1.165, 1.54) is 77.0 Å². The highest BCUT2D eigenvalue weighted by Crippen LogP contribution is 2.29. The van der Waals surface area contributed by atoms with Crippen molar-refractivity contribution >= 4 is 11.9 Å². The zero-order valence-electron chi connectivity index (χ0n) is 31.4. The molecule has 1 rings (SSSR count). The predicted molar refractivity (Wildman–Crippen MR) is 204 cm³/mol. The van der Waals surface area contributed by atoms with Gasteiger partial charge in [0.15, 0.2) is 6.10 Å². The Balaban J connectivity index is 1.93. The molecule has 0 aliphatic carbocycles. The minimum Gasteiger partial charge on any atom is -0.462 e. The Morgan fingerprint density at radius 2 is 1.06 bits per heavy atom. The van der Waals surface area contributed by atoms with Gasteiger partial charge in [-0.05, 0) is 51.4 Å². The van der Waals surface area contributed by atoms with Gasteiger partial charge in [0.1, 0.15) is 6.61 Å². The first-order valence-corrected chi connectivity index (χ1v) is 20.0. The van der Waals surface area contributed by atoms with E-state index >= 15 is 0 Å². The SMILES string of the molecule is CC/C=C\CC1OC1C/C=C\C/C=C\C/C=C\C/C=C\CCC(=O)O[C@@H](CO)COC(=O)CCCCCCCCCCCCCCCCC. The maximum Gasteiger partial charge on any atom is 0.306 e. The molecule has 6 nitrogen and oxygen atoms in total. The summed E-state index contributed by atoms with van der Waals surface area (Å²) in [5.41, 5.74) is 0. The number of unbranched alkanes of at least 4 members (excludes halogenated alkanes) is 14. The Labute approximate surface area is 300 Å². The van der Waals surface area contributed by atoms with Crippen LogP contribution < -0.4 is 0 Å². The van der Waals surface area contributed by atoms with Crippen molar-refractivity contribution in [2.75, 3.05) is 13.2 Å². The summed E-state index contributed by atoms with van der Waals surface area (Å²) in [4.78, 5) is 24.2. The molecule has 0 aromatic heterocycles. The Morgan fingerprint density at radius 1 is 0.592 bits per heavy atom. The number of aliphatic hydroxyl groups excluding tert-OH is 1. The number of esters is 2. The van der Waals surface area contributed by atoms with Crippen LogP contribution in [0.15, 0.2) is 60.8 Å². The van der Waals surface area contributed by atoms with E-state index in [9.17, 15) is 14.7 Å². The van der Waals surface area contributed by atoms with Crippen molar-refractivity contribution in [2.45, 2.75) is 186 Å². The van der Waals surface area contributed by atoms with Crippen molar-refractivity contribution in [1.82, 2.24) is 0 Å². The summed E-state index contributed by atoms with van der Waals surface area (Å²) in [6.07, 6.45) is 47.6. The van der Waals surface area contributed by atoms with E-state index in [1.54, 1.807) is 0 Å². The average molecular weight is 685 g/mol. The van der Waals surface area contributed by atoms with Gasteiger partial charge in [0, 0.05) is 12.8 Å². The fraction of sp³-hybridized carbons (Fsp3) is 0.721. The molecule has 3 atom stereocenters. The lowest BCUT2D eigenvalue weighted by Crippen LogP contribution is -2.28. The van der Waals surface area contributed by atoms with Gasteiger partial charge in [-0.1, -0.05) is 164 Å². The van der Waals surface area contributed by atoms with Crippen molar-refractivity contribution < 1.29 is 28.9 Å². The minimum absolute atomic E-state index is 0.0990. The monoisotopic (exact) mass is 685 g/mol. The first kappa shape index (κ1) is 44.6. The topological polar surface area (TPSA) is 85.4 Å². The number of carbonyl (C=O) groups excluding carboxylic acids is 2. The third-order valence-corrected chi connectivity index (χ3v) is 8.74. The highest BCUT2D eigenvalue weighted by atomic mass is 16.6. The number of hydrogen-bond acceptors (Lipinski definition) is 6. The molecule has 280 valence electrons. The standard InChI is InChI=1S/C43H72O6/c1-3-5-7-8-9-10-11-12-13-14-18-21-24-27-31-35-42(45)47-38-39(37-44)48-43(46)36-32-28-25-22-19-16-15-17-20-23-26-30-34-41-40(49-41)33-29-6-4-2/h6,16-17,19-20,25-26,28-30,39-41,44H,3-5,7-15,18,21-24,27,31-38H2,1-2H3/b19-16-,20-17-,28-25-,29-6-,30-26-/t39-,40?,41?/m0/s1. The molecule has 1 fully saturated rings. The normalized spacial score (nSPS) is 17.0. The second kappa shape index (κ2) is 34.0. The van der Waals surface area contributed by atoms with Crippen molar-refractivity contribution in [1.29, 1.82) is 0 Å². The molecule has 1 aliphatic heterocycles. The van der Waals surface area contributed by atoms with Crippen LogP contribution in [-0.4, -0.2) is 48.6 Å². The fourth-order valence-electron chi connectivity index (χ4n) is 5.62. The molecule has 0 bridgehead atoms. The van der Waals surface area contributed by atoms with Gasteiger partial charge in [-0.2, -0.15) is 0 Å². The van der Waals surface area contributed by atoms with E-state index in [1.807, 2.05) is 12.2 Å². The summed E-state index contributed by atoms with van der Waals surface area (Å²) in [5, 5.41) is 9.55. The van der Waals surface area contributed by atoms with Crippen LogP contribution in [0.1, 0.15) is 168 Å². The molecule has 2 unspecified atom stereocenters. The molecule has 1 aliphatic rings. The molecule has 1 heterocycles. The summed E-state index contributed by atoms with van der Waals surface area (Å²) in [7, 11) is 0. The Bertz CT molecular complexity index is 933. The van der Waals surface area contributed by atoms with Crippen molar-refractivity contribution in [2.24, 2.45) is 0 Å². The lowest BCUT2D eigenvalue weighted by molar-refractivity contribution is -0.161. The molecular weight excluding hydrogens is 612 g/mol. The number of epoxide rings is 1. The van der Waals surface area contributed by atoms with Crippen LogP contribution in [0.2, 0.25) is 0 Å². The smallest absolute Gasteiger partial charge is 0.306 e. The number of carbonyl (C=O) groups is 2. The van der Waals surface area contributed by atoms with Crippen LogP contribution in [0.4, 0.5) is 0 Å². The average Bonchev–Trinajstić information content (AvgIpc) is 3.86. The van der Waals surface area contributed by atoms with Crippen LogP contribution in [0, 0.1) is 0 Å². The maximum atomic E-state index is 12.1. The summed E-state index contributed by atoms with van der Waals surface area (Å²) < 4.78 is 16.2. The predicted octanol–water partition coefficient (Wildman–Crippen LogP) is 11.4. The van der Waals surface area contributed by atoms with E-state index < -0.39 is 12.1 Å². The summed E-state index contributed by atoms with van der Waals surface area (Å²) in [6, 6.07) is 0. The zero-order chi connectivity index (χ0) is 35.5. The zero-order valence-corrected chi connectivity index (χ0v) is 31.4. The fourth-order valence-corrected chi connectivity index (χ4v) is 5.62. The molecule has 6 heteroatoms. The number of rotatable bonds is 34. The summed E-state index contributed by atoms with van der Waals surface area (Å²) >= 11 is 0. The number of ether oxygens (including phenoxy) is 3.